The van der Waals surface area contributed by atoms with Gasteiger partial charge in [-0.25, -0.2) is 4.79 Å². The molecular weight excluding hydrogens is 340 g/mol. The summed E-state index contributed by atoms with van der Waals surface area (Å²) in [6.45, 7) is 10.5. The summed E-state index contributed by atoms with van der Waals surface area (Å²) in [6, 6.07) is 1.82. The van der Waals surface area contributed by atoms with Gasteiger partial charge in [0.15, 0.2) is 0 Å². The zero-order valence-electron chi connectivity index (χ0n) is 16.9. The normalized spacial score (nSPS) is 35.5. The van der Waals surface area contributed by atoms with Gasteiger partial charge in [0.05, 0.1) is 0 Å². The molecule has 1 aromatic carbocycles. The zero-order valence-corrected chi connectivity index (χ0v) is 16.9. The van der Waals surface area contributed by atoms with Gasteiger partial charge in [0.1, 0.15) is 22.7 Å². The van der Waals surface area contributed by atoms with Gasteiger partial charge in [0.2, 0.25) is 0 Å². The van der Waals surface area contributed by atoms with Crippen molar-refractivity contribution >= 4 is 5.97 Å². The summed E-state index contributed by atoms with van der Waals surface area (Å²) in [7, 11) is 0. The second-order valence-electron chi connectivity index (χ2n) is 9.52. The monoisotopic (exact) mass is 370 g/mol. The lowest BCUT2D eigenvalue weighted by atomic mass is 9.43. The van der Waals surface area contributed by atoms with Crippen molar-refractivity contribution in [3.63, 3.8) is 0 Å². The van der Waals surface area contributed by atoms with Crippen LogP contribution in [0, 0.1) is 24.2 Å². The Labute approximate surface area is 161 Å². The smallest absolute Gasteiger partial charge is 0.339 e. The van der Waals surface area contributed by atoms with E-state index in [4.69, 9.17) is 4.74 Å². The second kappa shape index (κ2) is 5.76. The van der Waals surface area contributed by atoms with E-state index in [2.05, 4.69) is 33.8 Å². The van der Waals surface area contributed by atoms with E-state index < -0.39 is 5.97 Å². The molecule has 2 fully saturated rings. The summed E-state index contributed by atoms with van der Waals surface area (Å²) in [5.74, 6) is 0.616. The lowest BCUT2D eigenvalue weighted by Crippen LogP contribution is -2.60. The number of carboxylic acid groups (broad SMARTS) is 1. The minimum absolute atomic E-state index is 0.0223. The van der Waals surface area contributed by atoms with Gasteiger partial charge in [-0.3, -0.25) is 0 Å². The predicted molar refractivity (Wildman–Crippen MR) is 105 cm³/mol. The first-order valence-corrected chi connectivity index (χ1v) is 10.0. The largest absolute Gasteiger partial charge is 0.507 e. The SMILES string of the molecule is CC(C)=CCCC1(C)C2CCC3(C)Oc4cc(C)c(C(=O)O)c(O)c4C1C23. The van der Waals surface area contributed by atoms with Gasteiger partial charge in [-0.05, 0) is 76.3 Å². The summed E-state index contributed by atoms with van der Waals surface area (Å²) in [5, 5.41) is 20.6. The van der Waals surface area contributed by atoms with E-state index in [-0.39, 0.29) is 28.2 Å². The van der Waals surface area contributed by atoms with Gasteiger partial charge in [-0.2, -0.15) is 0 Å². The number of aromatic carboxylic acids is 1. The van der Waals surface area contributed by atoms with Crippen molar-refractivity contribution < 1.29 is 19.7 Å². The average Bonchev–Trinajstić information content (AvgIpc) is 2.87. The Morgan fingerprint density at radius 2 is 2.07 bits per heavy atom. The van der Waals surface area contributed by atoms with E-state index >= 15 is 0 Å². The van der Waals surface area contributed by atoms with Crippen LogP contribution in [0.25, 0.3) is 0 Å². The molecule has 4 heteroatoms. The quantitative estimate of drug-likeness (QED) is 0.694. The molecule has 0 saturated heterocycles. The lowest BCUT2D eigenvalue weighted by Gasteiger charge is -2.63. The number of aromatic hydroxyl groups is 1. The maximum Gasteiger partial charge on any atom is 0.339 e. The van der Waals surface area contributed by atoms with Crippen molar-refractivity contribution in [2.75, 3.05) is 0 Å². The molecule has 5 atom stereocenters. The summed E-state index contributed by atoms with van der Waals surface area (Å²) >= 11 is 0. The molecule has 1 aromatic rings. The molecule has 3 aliphatic rings. The summed E-state index contributed by atoms with van der Waals surface area (Å²) in [4.78, 5) is 11.7. The Morgan fingerprint density at radius 3 is 2.70 bits per heavy atom. The van der Waals surface area contributed by atoms with E-state index in [0.717, 1.165) is 31.2 Å². The van der Waals surface area contributed by atoms with Crippen LogP contribution in [0.15, 0.2) is 17.7 Å². The number of rotatable bonds is 4. The average molecular weight is 370 g/mol. The van der Waals surface area contributed by atoms with Crippen LogP contribution < -0.4 is 4.74 Å². The first kappa shape index (κ1) is 18.4. The Hall–Kier alpha value is -1.97. The number of allylic oxidation sites excluding steroid dienone is 2. The standard InChI is InChI=1S/C23H30O4/c1-12(2)7-6-9-22(4)14-8-10-23(5)18(14)19(22)17-15(27-23)11-13(3)16(20(17)24)21(25)26/h7,11,14,18-19,24H,6,8-10H2,1-5H3,(H,25,26). The van der Waals surface area contributed by atoms with Crippen LogP contribution in [0.3, 0.4) is 0 Å². The van der Waals surface area contributed by atoms with Crippen LogP contribution in [0.2, 0.25) is 0 Å². The molecule has 4 rings (SSSR count). The fourth-order valence-corrected chi connectivity index (χ4v) is 6.39. The molecule has 1 aliphatic heterocycles. The molecule has 27 heavy (non-hydrogen) atoms. The van der Waals surface area contributed by atoms with Gasteiger partial charge in [0, 0.05) is 17.4 Å². The molecule has 5 unspecified atom stereocenters. The lowest BCUT2D eigenvalue weighted by molar-refractivity contribution is -0.133. The number of ether oxygens (including phenoxy) is 1. The fraction of sp³-hybridized carbons (Fsp3) is 0.609. The minimum Gasteiger partial charge on any atom is -0.507 e. The number of carbonyl (C=O) groups is 1. The van der Waals surface area contributed by atoms with Crippen LogP contribution in [-0.4, -0.2) is 21.8 Å². The zero-order chi connectivity index (χ0) is 19.7. The van der Waals surface area contributed by atoms with Gasteiger partial charge in [-0.1, -0.05) is 18.6 Å². The highest BCUT2D eigenvalue weighted by Gasteiger charge is 2.70. The Bertz CT molecular complexity index is 850. The van der Waals surface area contributed by atoms with E-state index in [9.17, 15) is 15.0 Å². The van der Waals surface area contributed by atoms with Crippen molar-refractivity contribution in [2.45, 2.75) is 71.8 Å². The number of aryl methyl sites for hydroxylation is 1. The molecule has 0 amide bonds. The van der Waals surface area contributed by atoms with Crippen molar-refractivity contribution in [1.29, 1.82) is 0 Å². The van der Waals surface area contributed by atoms with Gasteiger partial charge in [0.25, 0.3) is 0 Å². The number of fused-ring (bicyclic) bond motifs is 2. The molecule has 2 N–H and O–H groups in total. The van der Waals surface area contributed by atoms with E-state index in [1.807, 2.05) is 6.07 Å². The van der Waals surface area contributed by atoms with Crippen LogP contribution in [-0.2, 0) is 0 Å². The first-order chi connectivity index (χ1) is 12.6. The third-order valence-corrected chi connectivity index (χ3v) is 7.61. The van der Waals surface area contributed by atoms with E-state index in [1.54, 1.807) is 6.92 Å². The van der Waals surface area contributed by atoms with Gasteiger partial charge in [-0.15, -0.1) is 0 Å². The molecule has 0 aromatic heterocycles. The second-order valence-corrected chi connectivity index (χ2v) is 9.52. The molecular formula is C23H30O4. The fourth-order valence-electron chi connectivity index (χ4n) is 6.39. The molecule has 0 spiro atoms. The molecule has 4 nitrogen and oxygen atoms in total. The van der Waals surface area contributed by atoms with Crippen LogP contribution in [0.5, 0.6) is 11.5 Å². The molecule has 1 heterocycles. The van der Waals surface area contributed by atoms with Crippen molar-refractivity contribution in [3.05, 3.63) is 34.4 Å². The molecule has 146 valence electrons. The van der Waals surface area contributed by atoms with Crippen LogP contribution in [0.4, 0.5) is 0 Å². The molecule has 0 bridgehead atoms. The predicted octanol–water partition coefficient (Wildman–Crippen LogP) is 5.43. The Balaban J connectivity index is 1.84. The highest BCUT2D eigenvalue weighted by atomic mass is 16.5. The maximum atomic E-state index is 11.7. The number of benzene rings is 1. The van der Waals surface area contributed by atoms with E-state index in [1.165, 1.54) is 5.57 Å². The van der Waals surface area contributed by atoms with Gasteiger partial charge >= 0.3 is 5.97 Å². The highest BCUT2D eigenvalue weighted by molar-refractivity contribution is 5.94. The van der Waals surface area contributed by atoms with Crippen LogP contribution in [0.1, 0.15) is 80.8 Å². The maximum absolute atomic E-state index is 11.7. The topological polar surface area (TPSA) is 66.8 Å². The van der Waals surface area contributed by atoms with E-state index in [0.29, 0.717) is 23.1 Å². The third-order valence-electron chi connectivity index (χ3n) is 7.61. The van der Waals surface area contributed by atoms with Crippen molar-refractivity contribution in [2.24, 2.45) is 17.3 Å². The summed E-state index contributed by atoms with van der Waals surface area (Å²) in [6.07, 6.45) is 6.52. The number of carboxylic acids is 1. The van der Waals surface area contributed by atoms with Crippen molar-refractivity contribution in [1.82, 2.24) is 0 Å². The van der Waals surface area contributed by atoms with Crippen molar-refractivity contribution in [3.8, 4) is 11.5 Å². The van der Waals surface area contributed by atoms with Gasteiger partial charge < -0.3 is 14.9 Å². The number of phenols is 1. The van der Waals surface area contributed by atoms with Crippen LogP contribution >= 0.6 is 0 Å². The Kier molecular flexibility index (Phi) is 3.93. The third kappa shape index (κ3) is 2.38. The first-order valence-electron chi connectivity index (χ1n) is 10.0. The summed E-state index contributed by atoms with van der Waals surface area (Å²) < 4.78 is 6.41. The summed E-state index contributed by atoms with van der Waals surface area (Å²) in [5.41, 5.74) is 2.50. The Morgan fingerprint density at radius 1 is 1.37 bits per heavy atom. The minimum atomic E-state index is -1.07. The number of hydrogen-bond donors (Lipinski definition) is 2. The number of hydrogen-bond acceptors (Lipinski definition) is 3. The molecule has 0 radical (unpaired) electrons. The highest BCUT2D eigenvalue weighted by Crippen LogP contribution is 2.75. The molecule has 2 saturated carbocycles. The molecule has 2 aliphatic carbocycles.